The SMILES string of the molecule is [C-]#[N+]c1ccc(N[C@@H]2C[C@H](C)N(C(C)=O)c3ccc(-c4ccn(C)n4)cc32)cc1. The second-order valence-electron chi connectivity index (χ2n) is 7.48. The van der Waals surface area contributed by atoms with Crippen molar-refractivity contribution in [1.29, 1.82) is 0 Å². The molecule has 0 bridgehead atoms. The zero-order valence-electron chi connectivity index (χ0n) is 16.8. The van der Waals surface area contributed by atoms with Crippen molar-refractivity contribution >= 4 is 23.0 Å². The Hall–Kier alpha value is -3.59. The summed E-state index contributed by atoms with van der Waals surface area (Å²) in [5, 5.41) is 8.11. The van der Waals surface area contributed by atoms with E-state index in [2.05, 4.69) is 28.3 Å². The number of amides is 1. The Bertz CT molecular complexity index is 1090. The van der Waals surface area contributed by atoms with Gasteiger partial charge in [0.25, 0.3) is 0 Å². The maximum Gasteiger partial charge on any atom is 0.224 e. The molecule has 0 aliphatic carbocycles. The quantitative estimate of drug-likeness (QED) is 0.650. The average Bonchev–Trinajstić information content (AvgIpc) is 3.14. The summed E-state index contributed by atoms with van der Waals surface area (Å²) >= 11 is 0. The molecule has 0 unspecified atom stereocenters. The zero-order chi connectivity index (χ0) is 20.5. The average molecular weight is 385 g/mol. The van der Waals surface area contributed by atoms with Crippen LogP contribution in [0.25, 0.3) is 16.1 Å². The summed E-state index contributed by atoms with van der Waals surface area (Å²) in [6.07, 6.45) is 2.72. The minimum atomic E-state index is 0.0456. The Morgan fingerprint density at radius 3 is 2.59 bits per heavy atom. The second-order valence-corrected chi connectivity index (χ2v) is 7.48. The number of carbonyl (C=O) groups is 1. The lowest BCUT2D eigenvalue weighted by molar-refractivity contribution is -0.117. The van der Waals surface area contributed by atoms with Crippen LogP contribution in [-0.2, 0) is 11.8 Å². The van der Waals surface area contributed by atoms with Gasteiger partial charge in [-0.05, 0) is 49.2 Å². The molecule has 2 heterocycles. The van der Waals surface area contributed by atoms with Crippen LogP contribution in [0.15, 0.2) is 54.7 Å². The smallest absolute Gasteiger partial charge is 0.224 e. The molecule has 0 radical (unpaired) electrons. The summed E-state index contributed by atoms with van der Waals surface area (Å²) in [5.74, 6) is 0.0456. The van der Waals surface area contributed by atoms with Crippen LogP contribution in [0, 0.1) is 6.57 Å². The van der Waals surface area contributed by atoms with Crippen molar-refractivity contribution in [3.63, 3.8) is 0 Å². The molecule has 4 rings (SSSR count). The van der Waals surface area contributed by atoms with Gasteiger partial charge in [0.1, 0.15) is 0 Å². The van der Waals surface area contributed by atoms with E-state index in [0.29, 0.717) is 5.69 Å². The molecule has 29 heavy (non-hydrogen) atoms. The molecule has 1 aliphatic rings. The van der Waals surface area contributed by atoms with Crippen molar-refractivity contribution in [1.82, 2.24) is 9.78 Å². The molecule has 146 valence electrons. The van der Waals surface area contributed by atoms with Crippen LogP contribution in [-0.4, -0.2) is 21.7 Å². The number of carbonyl (C=O) groups excluding carboxylic acids is 1. The molecule has 1 amide bonds. The van der Waals surface area contributed by atoms with Crippen LogP contribution >= 0.6 is 0 Å². The van der Waals surface area contributed by atoms with Crippen LogP contribution < -0.4 is 10.2 Å². The zero-order valence-corrected chi connectivity index (χ0v) is 16.8. The van der Waals surface area contributed by atoms with E-state index in [9.17, 15) is 4.79 Å². The summed E-state index contributed by atoms with van der Waals surface area (Å²) in [4.78, 5) is 17.7. The van der Waals surface area contributed by atoms with E-state index in [0.717, 1.165) is 34.6 Å². The number of nitrogens with one attached hydrogen (secondary N) is 1. The molecule has 2 aromatic carbocycles. The minimum Gasteiger partial charge on any atom is -0.378 e. The Kier molecular flexibility index (Phi) is 4.81. The maximum atomic E-state index is 12.3. The molecule has 1 aromatic heterocycles. The molecule has 3 aromatic rings. The van der Waals surface area contributed by atoms with Gasteiger partial charge in [-0.1, -0.05) is 18.2 Å². The van der Waals surface area contributed by atoms with Gasteiger partial charge in [0.2, 0.25) is 5.91 Å². The highest BCUT2D eigenvalue weighted by Crippen LogP contribution is 2.41. The molecule has 6 heteroatoms. The molecule has 1 N–H and O–H groups in total. The fraction of sp³-hybridized carbons (Fsp3) is 0.261. The number of aryl methyl sites for hydroxylation is 1. The monoisotopic (exact) mass is 385 g/mol. The lowest BCUT2D eigenvalue weighted by Gasteiger charge is -2.39. The Balaban J connectivity index is 1.75. The predicted octanol–water partition coefficient (Wildman–Crippen LogP) is 4.94. The molecule has 0 saturated carbocycles. The largest absolute Gasteiger partial charge is 0.378 e. The standard InChI is InChI=1S/C23H23N5O/c1-15-13-22(25-19-8-6-18(24-3)7-9-19)20-14-17(21-11-12-27(4)26-21)5-10-23(20)28(15)16(2)29/h5-12,14-15,22,25H,13H2,1-2,4H3/t15-,22+/m0/s1. The fourth-order valence-corrected chi connectivity index (χ4v) is 4.04. The third-order valence-electron chi connectivity index (χ3n) is 5.37. The minimum absolute atomic E-state index is 0.0456. The molecular formula is C23H23N5O. The number of aromatic nitrogens is 2. The molecule has 2 atom stereocenters. The first kappa shape index (κ1) is 18.8. The fourth-order valence-electron chi connectivity index (χ4n) is 4.04. The lowest BCUT2D eigenvalue weighted by atomic mass is 9.89. The Labute approximate surface area is 170 Å². The second kappa shape index (κ2) is 7.44. The van der Waals surface area contributed by atoms with Crippen LogP contribution in [0.4, 0.5) is 17.1 Å². The summed E-state index contributed by atoms with van der Waals surface area (Å²) in [6, 6.07) is 15.8. The third kappa shape index (κ3) is 3.59. The molecule has 1 aliphatic heterocycles. The van der Waals surface area contributed by atoms with Crippen molar-refractivity contribution in [2.24, 2.45) is 7.05 Å². The van der Waals surface area contributed by atoms with E-state index in [1.54, 1.807) is 11.6 Å². The Morgan fingerprint density at radius 2 is 1.97 bits per heavy atom. The first-order valence-corrected chi connectivity index (χ1v) is 9.64. The highest BCUT2D eigenvalue weighted by Gasteiger charge is 2.32. The first-order valence-electron chi connectivity index (χ1n) is 9.64. The third-order valence-corrected chi connectivity index (χ3v) is 5.37. The topological polar surface area (TPSA) is 54.5 Å². The van der Waals surface area contributed by atoms with Crippen molar-refractivity contribution in [3.05, 3.63) is 71.7 Å². The van der Waals surface area contributed by atoms with Crippen molar-refractivity contribution in [2.75, 3.05) is 10.2 Å². The van der Waals surface area contributed by atoms with E-state index in [1.807, 2.05) is 60.6 Å². The van der Waals surface area contributed by atoms with Crippen LogP contribution in [0.1, 0.15) is 31.9 Å². The van der Waals surface area contributed by atoms with Crippen LogP contribution in [0.3, 0.4) is 0 Å². The summed E-state index contributed by atoms with van der Waals surface area (Å²) in [7, 11) is 1.90. The van der Waals surface area contributed by atoms with Crippen molar-refractivity contribution in [2.45, 2.75) is 32.4 Å². The normalized spacial score (nSPS) is 18.1. The number of benzene rings is 2. The number of fused-ring (bicyclic) bond motifs is 1. The number of rotatable bonds is 3. The van der Waals surface area contributed by atoms with Gasteiger partial charge in [0.15, 0.2) is 5.69 Å². The highest BCUT2D eigenvalue weighted by atomic mass is 16.2. The van der Waals surface area contributed by atoms with Crippen molar-refractivity contribution in [3.8, 4) is 11.3 Å². The van der Waals surface area contributed by atoms with E-state index < -0.39 is 0 Å². The number of hydrogen-bond acceptors (Lipinski definition) is 3. The lowest BCUT2D eigenvalue weighted by Crippen LogP contribution is -2.43. The van der Waals surface area contributed by atoms with Gasteiger partial charge in [-0.25, -0.2) is 4.85 Å². The van der Waals surface area contributed by atoms with Gasteiger partial charge in [0.05, 0.1) is 18.3 Å². The van der Waals surface area contributed by atoms with Gasteiger partial charge in [0, 0.05) is 43.1 Å². The van der Waals surface area contributed by atoms with E-state index >= 15 is 0 Å². The summed E-state index contributed by atoms with van der Waals surface area (Å²) in [6.45, 7) is 10.8. The number of nitrogens with zero attached hydrogens (tertiary/aromatic N) is 4. The molecular weight excluding hydrogens is 362 g/mol. The van der Waals surface area contributed by atoms with E-state index in [1.165, 1.54) is 0 Å². The van der Waals surface area contributed by atoms with Crippen LogP contribution in [0.2, 0.25) is 0 Å². The van der Waals surface area contributed by atoms with Gasteiger partial charge < -0.3 is 10.2 Å². The number of anilines is 2. The van der Waals surface area contributed by atoms with Gasteiger partial charge in [-0.15, -0.1) is 0 Å². The summed E-state index contributed by atoms with van der Waals surface area (Å²) < 4.78 is 1.79. The first-order chi connectivity index (χ1) is 14.0. The van der Waals surface area contributed by atoms with E-state index in [4.69, 9.17) is 6.57 Å². The predicted molar refractivity (Wildman–Crippen MR) is 115 cm³/mol. The molecule has 0 fully saturated rings. The molecule has 6 nitrogen and oxygen atoms in total. The number of hydrogen-bond donors (Lipinski definition) is 1. The van der Waals surface area contributed by atoms with Crippen molar-refractivity contribution < 1.29 is 4.79 Å². The Morgan fingerprint density at radius 1 is 1.21 bits per heavy atom. The van der Waals surface area contributed by atoms with Crippen LogP contribution in [0.5, 0.6) is 0 Å². The van der Waals surface area contributed by atoms with Gasteiger partial charge in [-0.3, -0.25) is 9.48 Å². The highest BCUT2D eigenvalue weighted by molar-refractivity contribution is 5.94. The summed E-state index contributed by atoms with van der Waals surface area (Å²) in [5.41, 5.74) is 5.52. The van der Waals surface area contributed by atoms with Gasteiger partial charge >= 0.3 is 0 Å². The van der Waals surface area contributed by atoms with Gasteiger partial charge in [-0.2, -0.15) is 5.10 Å². The maximum absolute atomic E-state index is 12.3. The molecule has 0 saturated heterocycles. The van der Waals surface area contributed by atoms with E-state index in [-0.39, 0.29) is 18.0 Å². The molecule has 0 spiro atoms.